The second kappa shape index (κ2) is 5.34. The maximum atomic E-state index is 13.3. The fourth-order valence-electron chi connectivity index (χ4n) is 2.34. The van der Waals surface area contributed by atoms with E-state index in [1.54, 1.807) is 22.1 Å². The molecule has 3 rings (SSSR count). The van der Waals surface area contributed by atoms with Gasteiger partial charge in [0.25, 0.3) is 0 Å². The molecule has 104 valence electrons. The highest BCUT2D eigenvalue weighted by atomic mass is 32.1. The van der Waals surface area contributed by atoms with Crippen molar-refractivity contribution in [3.05, 3.63) is 52.9 Å². The van der Waals surface area contributed by atoms with Gasteiger partial charge in [-0.25, -0.2) is 4.39 Å². The lowest BCUT2D eigenvalue weighted by atomic mass is 10.1. The van der Waals surface area contributed by atoms with Gasteiger partial charge in [-0.1, -0.05) is 13.0 Å². The van der Waals surface area contributed by atoms with Crippen LogP contribution in [0.5, 0.6) is 0 Å². The minimum absolute atomic E-state index is 0.106. The van der Waals surface area contributed by atoms with Gasteiger partial charge in [-0.2, -0.15) is 5.10 Å². The van der Waals surface area contributed by atoms with Gasteiger partial charge in [-0.15, -0.1) is 11.3 Å². The minimum atomic E-state index is -0.188. The number of nitrogens with zero attached hydrogens (tertiary/aromatic N) is 2. The van der Waals surface area contributed by atoms with E-state index in [0.29, 0.717) is 0 Å². The Balaban J connectivity index is 2.04. The largest absolute Gasteiger partial charge is 0.306 e. The van der Waals surface area contributed by atoms with Crippen molar-refractivity contribution in [2.45, 2.75) is 13.0 Å². The lowest BCUT2D eigenvalue weighted by Gasteiger charge is -2.14. The van der Waals surface area contributed by atoms with E-state index < -0.39 is 0 Å². The standard InChI is InChI=1S/C15H16FN3S/c1-3-17-15(11-8-18-19(2)9-11)14-6-10-4-5-12(16)7-13(10)20-14/h4-9,15,17H,3H2,1-2H3. The monoisotopic (exact) mass is 289 g/mol. The van der Waals surface area contributed by atoms with Crippen LogP contribution in [-0.4, -0.2) is 16.3 Å². The van der Waals surface area contributed by atoms with Gasteiger partial charge >= 0.3 is 0 Å². The molecular formula is C15H16FN3S. The van der Waals surface area contributed by atoms with Gasteiger partial charge in [0.1, 0.15) is 5.82 Å². The van der Waals surface area contributed by atoms with Crippen molar-refractivity contribution >= 4 is 21.4 Å². The Morgan fingerprint density at radius 2 is 2.25 bits per heavy atom. The van der Waals surface area contributed by atoms with Crippen molar-refractivity contribution in [3.63, 3.8) is 0 Å². The highest BCUT2D eigenvalue weighted by Crippen LogP contribution is 2.33. The Kier molecular flexibility index (Phi) is 3.54. The second-order valence-corrected chi connectivity index (χ2v) is 5.88. The number of aryl methyl sites for hydroxylation is 1. The van der Waals surface area contributed by atoms with Crippen LogP contribution in [0.4, 0.5) is 4.39 Å². The Morgan fingerprint density at radius 1 is 1.40 bits per heavy atom. The number of aromatic nitrogens is 2. The van der Waals surface area contributed by atoms with Crippen LogP contribution in [0.15, 0.2) is 36.7 Å². The van der Waals surface area contributed by atoms with Gasteiger partial charge in [0, 0.05) is 28.4 Å². The Bertz CT molecular complexity index is 732. The van der Waals surface area contributed by atoms with E-state index in [-0.39, 0.29) is 11.9 Å². The van der Waals surface area contributed by atoms with Crippen molar-refractivity contribution in [1.29, 1.82) is 0 Å². The van der Waals surface area contributed by atoms with Crippen molar-refractivity contribution in [3.8, 4) is 0 Å². The summed E-state index contributed by atoms with van der Waals surface area (Å²) in [5.74, 6) is -0.188. The summed E-state index contributed by atoms with van der Waals surface area (Å²) < 4.78 is 16.1. The molecule has 2 heterocycles. The molecule has 1 unspecified atom stereocenters. The van der Waals surface area contributed by atoms with Crippen LogP contribution in [0.1, 0.15) is 23.4 Å². The van der Waals surface area contributed by atoms with Gasteiger partial charge in [0.05, 0.1) is 12.2 Å². The van der Waals surface area contributed by atoms with Crippen LogP contribution >= 0.6 is 11.3 Å². The zero-order valence-corrected chi connectivity index (χ0v) is 12.2. The van der Waals surface area contributed by atoms with E-state index >= 15 is 0 Å². The van der Waals surface area contributed by atoms with Crippen molar-refractivity contribution in [2.75, 3.05) is 6.54 Å². The molecular weight excluding hydrogens is 273 g/mol. The molecule has 0 aliphatic rings. The van der Waals surface area contributed by atoms with Gasteiger partial charge < -0.3 is 5.32 Å². The lowest BCUT2D eigenvalue weighted by Crippen LogP contribution is -2.20. The first-order valence-electron chi connectivity index (χ1n) is 6.58. The Morgan fingerprint density at radius 3 is 2.95 bits per heavy atom. The molecule has 1 atom stereocenters. The first-order chi connectivity index (χ1) is 9.67. The number of fused-ring (bicyclic) bond motifs is 1. The summed E-state index contributed by atoms with van der Waals surface area (Å²) in [7, 11) is 1.91. The summed E-state index contributed by atoms with van der Waals surface area (Å²) in [5, 5.41) is 8.78. The Hall–Kier alpha value is -1.72. The Labute approximate surface area is 121 Å². The van der Waals surface area contributed by atoms with E-state index in [9.17, 15) is 4.39 Å². The molecule has 1 N–H and O–H groups in total. The molecule has 0 aliphatic heterocycles. The molecule has 3 aromatic rings. The van der Waals surface area contributed by atoms with Crippen LogP contribution in [0.3, 0.4) is 0 Å². The second-order valence-electron chi connectivity index (χ2n) is 4.77. The van der Waals surface area contributed by atoms with Crippen molar-refractivity contribution in [1.82, 2.24) is 15.1 Å². The predicted molar refractivity (Wildman–Crippen MR) is 80.5 cm³/mol. The normalized spacial score (nSPS) is 12.9. The highest BCUT2D eigenvalue weighted by molar-refractivity contribution is 7.19. The van der Waals surface area contributed by atoms with Crippen LogP contribution in [0.25, 0.3) is 10.1 Å². The van der Waals surface area contributed by atoms with Crippen LogP contribution in [0.2, 0.25) is 0 Å². The van der Waals surface area contributed by atoms with E-state index in [1.807, 2.05) is 25.5 Å². The van der Waals surface area contributed by atoms with Crippen LogP contribution in [0, 0.1) is 5.82 Å². The molecule has 0 aliphatic carbocycles. The van der Waals surface area contributed by atoms with Gasteiger partial charge in [0.15, 0.2) is 0 Å². The summed E-state index contributed by atoms with van der Waals surface area (Å²) in [6.45, 7) is 2.94. The van der Waals surface area contributed by atoms with E-state index in [2.05, 4.69) is 23.4 Å². The summed E-state index contributed by atoms with van der Waals surface area (Å²) >= 11 is 1.62. The average molecular weight is 289 g/mol. The number of hydrogen-bond donors (Lipinski definition) is 1. The molecule has 2 aromatic heterocycles. The zero-order valence-electron chi connectivity index (χ0n) is 11.4. The number of benzene rings is 1. The molecule has 0 radical (unpaired) electrons. The highest BCUT2D eigenvalue weighted by Gasteiger charge is 2.17. The molecule has 0 bridgehead atoms. The van der Waals surface area contributed by atoms with E-state index in [1.165, 1.54) is 10.9 Å². The topological polar surface area (TPSA) is 29.9 Å². The number of hydrogen-bond acceptors (Lipinski definition) is 3. The molecule has 0 amide bonds. The van der Waals surface area contributed by atoms with Crippen LogP contribution < -0.4 is 5.32 Å². The summed E-state index contributed by atoms with van der Waals surface area (Å²) in [4.78, 5) is 1.18. The number of nitrogens with one attached hydrogen (secondary N) is 1. The first kappa shape index (κ1) is 13.3. The third-order valence-corrected chi connectivity index (χ3v) is 4.41. The summed E-state index contributed by atoms with van der Waals surface area (Å²) in [6.07, 6.45) is 3.89. The lowest BCUT2D eigenvalue weighted by molar-refractivity contribution is 0.630. The first-order valence-corrected chi connectivity index (χ1v) is 7.40. The summed E-state index contributed by atoms with van der Waals surface area (Å²) in [6, 6.07) is 7.16. The number of halogens is 1. The third kappa shape index (κ3) is 2.46. The molecule has 0 saturated heterocycles. The van der Waals surface area contributed by atoms with Crippen LogP contribution in [-0.2, 0) is 7.05 Å². The third-order valence-electron chi connectivity index (χ3n) is 3.25. The zero-order chi connectivity index (χ0) is 14.1. The number of thiophene rings is 1. The van der Waals surface area contributed by atoms with E-state index in [4.69, 9.17) is 0 Å². The quantitative estimate of drug-likeness (QED) is 0.797. The fourth-order valence-corrected chi connectivity index (χ4v) is 3.54. The van der Waals surface area contributed by atoms with Gasteiger partial charge in [-0.3, -0.25) is 4.68 Å². The molecule has 20 heavy (non-hydrogen) atoms. The molecule has 5 heteroatoms. The van der Waals surface area contributed by atoms with Crippen molar-refractivity contribution in [2.24, 2.45) is 7.05 Å². The molecule has 1 aromatic carbocycles. The molecule has 3 nitrogen and oxygen atoms in total. The summed E-state index contributed by atoms with van der Waals surface area (Å²) in [5.41, 5.74) is 1.13. The SMILES string of the molecule is CCNC(c1cnn(C)c1)c1cc2ccc(F)cc2s1. The maximum absolute atomic E-state index is 13.3. The van der Waals surface area contributed by atoms with E-state index in [0.717, 1.165) is 22.2 Å². The van der Waals surface area contributed by atoms with Gasteiger partial charge in [0.2, 0.25) is 0 Å². The molecule has 0 fully saturated rings. The predicted octanol–water partition coefficient (Wildman–Crippen LogP) is 3.47. The maximum Gasteiger partial charge on any atom is 0.124 e. The van der Waals surface area contributed by atoms with Gasteiger partial charge in [-0.05, 0) is 30.1 Å². The average Bonchev–Trinajstić information content (AvgIpc) is 3.01. The molecule has 0 saturated carbocycles. The smallest absolute Gasteiger partial charge is 0.124 e. The minimum Gasteiger partial charge on any atom is -0.306 e. The number of rotatable bonds is 4. The fraction of sp³-hybridized carbons (Fsp3) is 0.267. The molecule has 0 spiro atoms. The van der Waals surface area contributed by atoms with Crippen molar-refractivity contribution < 1.29 is 4.39 Å².